The summed E-state index contributed by atoms with van der Waals surface area (Å²) < 4.78 is 2.48. The van der Waals surface area contributed by atoms with E-state index >= 15 is 0 Å². The van der Waals surface area contributed by atoms with Crippen molar-refractivity contribution < 1.29 is 4.57 Å². The number of allylic oxidation sites excluding steroid dienone is 2. The monoisotopic (exact) mass is 436 g/mol. The zero-order chi connectivity index (χ0) is 23.8. The largest absolute Gasteiger partial charge is 0.214 e. The Morgan fingerprint density at radius 1 is 1.03 bits per heavy atom. The van der Waals surface area contributed by atoms with Gasteiger partial charge in [0, 0.05) is 18.6 Å². The highest BCUT2D eigenvalue weighted by Crippen LogP contribution is 2.52. The number of hydrogen-bond donors (Lipinski definition) is 0. The second kappa shape index (κ2) is 8.78. The summed E-state index contributed by atoms with van der Waals surface area (Å²) in [5.74, 6) is 0. The highest BCUT2D eigenvalue weighted by molar-refractivity contribution is 6.01. The number of hydrogen-bond acceptors (Lipinski definition) is 0. The van der Waals surface area contributed by atoms with Gasteiger partial charge < -0.3 is 0 Å². The van der Waals surface area contributed by atoms with Crippen LogP contribution in [0.5, 0.6) is 0 Å². The minimum Gasteiger partial charge on any atom is -0.188 e. The van der Waals surface area contributed by atoms with Crippen molar-refractivity contribution in [1.29, 1.82) is 0 Å². The summed E-state index contributed by atoms with van der Waals surface area (Å²) >= 11 is 0. The lowest BCUT2D eigenvalue weighted by atomic mass is 9.59. The van der Waals surface area contributed by atoms with E-state index in [1.807, 2.05) is 6.08 Å². The SMILES string of the molecule is C=Cc1cc2c3c(ccc2cc1C(=C)CCCC)C(C)(CC)C(C=C)(CC)[n+]1ccccc1-3. The van der Waals surface area contributed by atoms with Gasteiger partial charge >= 0.3 is 0 Å². The lowest BCUT2D eigenvalue weighted by Crippen LogP contribution is -2.68. The van der Waals surface area contributed by atoms with Crippen molar-refractivity contribution in [1.82, 2.24) is 0 Å². The summed E-state index contributed by atoms with van der Waals surface area (Å²) in [4.78, 5) is 0. The number of pyridine rings is 1. The molecule has 1 aromatic heterocycles. The Morgan fingerprint density at radius 3 is 2.45 bits per heavy atom. The van der Waals surface area contributed by atoms with Gasteiger partial charge in [0.1, 0.15) is 0 Å². The first-order chi connectivity index (χ1) is 15.9. The molecule has 0 saturated carbocycles. The van der Waals surface area contributed by atoms with Crippen LogP contribution in [0.3, 0.4) is 0 Å². The summed E-state index contributed by atoms with van der Waals surface area (Å²) in [5.41, 5.74) is 7.40. The molecule has 0 amide bonds. The summed E-state index contributed by atoms with van der Waals surface area (Å²) in [6, 6.07) is 15.9. The van der Waals surface area contributed by atoms with E-state index in [1.165, 1.54) is 50.7 Å². The third-order valence-electron chi connectivity index (χ3n) is 8.30. The highest BCUT2D eigenvalue weighted by Gasteiger charge is 2.57. The van der Waals surface area contributed by atoms with Gasteiger partial charge in [0.2, 0.25) is 5.69 Å². The van der Waals surface area contributed by atoms with Crippen LogP contribution in [0, 0.1) is 0 Å². The standard InChI is InChI=1S/C32H38N/c1-8-13-16-23(6)26-22-25-18-19-28-30(27(25)21-24(26)9-2)29-17-14-15-20-33(29)32(11-4,12-5)31(28,7)10-3/h9,11,14-15,17-22H,2,4,6,8,10,12-13,16H2,1,3,5,7H3/q+1. The van der Waals surface area contributed by atoms with Crippen molar-refractivity contribution in [3.8, 4) is 11.3 Å². The Labute approximate surface area is 200 Å². The average molecular weight is 437 g/mol. The molecule has 0 radical (unpaired) electrons. The first-order valence-corrected chi connectivity index (χ1v) is 12.5. The number of unbranched alkanes of at least 4 members (excludes halogenated alkanes) is 1. The van der Waals surface area contributed by atoms with Gasteiger partial charge in [-0.05, 0) is 83.5 Å². The highest BCUT2D eigenvalue weighted by atomic mass is 15.1. The third kappa shape index (κ3) is 3.24. The van der Waals surface area contributed by atoms with Crippen molar-refractivity contribution >= 4 is 22.4 Å². The van der Waals surface area contributed by atoms with E-state index in [2.05, 4.69) is 107 Å². The summed E-state index contributed by atoms with van der Waals surface area (Å²) in [5, 5.41) is 2.56. The maximum absolute atomic E-state index is 4.42. The van der Waals surface area contributed by atoms with Crippen LogP contribution in [0.1, 0.15) is 76.5 Å². The van der Waals surface area contributed by atoms with Crippen LogP contribution in [0.15, 0.2) is 74.5 Å². The second-order valence-corrected chi connectivity index (χ2v) is 9.68. The van der Waals surface area contributed by atoms with E-state index in [4.69, 9.17) is 0 Å². The van der Waals surface area contributed by atoms with Crippen molar-refractivity contribution in [2.24, 2.45) is 0 Å². The quantitative estimate of drug-likeness (QED) is 0.246. The van der Waals surface area contributed by atoms with E-state index < -0.39 is 0 Å². The van der Waals surface area contributed by atoms with Crippen molar-refractivity contribution in [2.75, 3.05) is 0 Å². The molecule has 0 aliphatic carbocycles. The minimum atomic E-state index is -0.172. The predicted octanol–water partition coefficient (Wildman–Crippen LogP) is 8.61. The fourth-order valence-corrected chi connectivity index (χ4v) is 6.14. The zero-order valence-corrected chi connectivity index (χ0v) is 20.9. The van der Waals surface area contributed by atoms with Gasteiger partial charge in [0.15, 0.2) is 11.7 Å². The Bertz CT molecular complexity index is 1250. The van der Waals surface area contributed by atoms with Crippen LogP contribution in [0.4, 0.5) is 0 Å². The smallest absolute Gasteiger partial charge is 0.188 e. The van der Waals surface area contributed by atoms with Gasteiger partial charge in [-0.1, -0.05) is 65.1 Å². The number of aromatic nitrogens is 1. The van der Waals surface area contributed by atoms with Crippen LogP contribution in [0.2, 0.25) is 0 Å². The lowest BCUT2D eigenvalue weighted by Gasteiger charge is -2.46. The van der Waals surface area contributed by atoms with Crippen LogP contribution in [-0.4, -0.2) is 0 Å². The lowest BCUT2D eigenvalue weighted by molar-refractivity contribution is -0.756. The molecule has 4 rings (SSSR count). The molecule has 2 heterocycles. The molecule has 0 N–H and O–H groups in total. The van der Waals surface area contributed by atoms with Gasteiger partial charge in [0.05, 0.1) is 11.0 Å². The van der Waals surface area contributed by atoms with Gasteiger partial charge in [-0.25, -0.2) is 0 Å². The summed E-state index contributed by atoms with van der Waals surface area (Å²) in [6.07, 6.45) is 11.8. The van der Waals surface area contributed by atoms with E-state index in [-0.39, 0.29) is 11.0 Å². The molecule has 1 heteroatoms. The molecule has 0 spiro atoms. The second-order valence-electron chi connectivity index (χ2n) is 9.68. The molecule has 3 aromatic rings. The van der Waals surface area contributed by atoms with Crippen molar-refractivity contribution in [3.63, 3.8) is 0 Å². The first-order valence-electron chi connectivity index (χ1n) is 12.5. The van der Waals surface area contributed by atoms with E-state index in [9.17, 15) is 0 Å². The molecular weight excluding hydrogens is 398 g/mol. The molecule has 2 unspecified atom stereocenters. The maximum Gasteiger partial charge on any atom is 0.214 e. The predicted molar refractivity (Wildman–Crippen MR) is 144 cm³/mol. The number of benzene rings is 2. The van der Waals surface area contributed by atoms with Crippen molar-refractivity contribution in [3.05, 3.63) is 91.2 Å². The number of fused-ring (bicyclic) bond motifs is 5. The van der Waals surface area contributed by atoms with Crippen LogP contribution in [0.25, 0.3) is 33.7 Å². The molecule has 1 aliphatic heterocycles. The topological polar surface area (TPSA) is 3.88 Å². The van der Waals surface area contributed by atoms with Gasteiger partial charge in [0.25, 0.3) is 0 Å². The molecule has 2 aromatic carbocycles. The molecule has 170 valence electrons. The Balaban J connectivity index is 2.08. The maximum atomic E-state index is 4.42. The fraction of sp³-hybridized carbons (Fsp3) is 0.344. The normalized spacial score (nSPS) is 21.3. The number of rotatable bonds is 8. The molecule has 1 nitrogen and oxygen atoms in total. The van der Waals surface area contributed by atoms with E-state index in [0.29, 0.717) is 0 Å². The molecule has 0 bridgehead atoms. The summed E-state index contributed by atoms with van der Waals surface area (Å²) in [6.45, 7) is 22.2. The van der Waals surface area contributed by atoms with Crippen LogP contribution < -0.4 is 4.57 Å². The van der Waals surface area contributed by atoms with Gasteiger partial charge in [-0.3, -0.25) is 0 Å². The van der Waals surface area contributed by atoms with Crippen LogP contribution in [-0.2, 0) is 11.0 Å². The molecule has 33 heavy (non-hydrogen) atoms. The summed E-state index contributed by atoms with van der Waals surface area (Å²) in [7, 11) is 0. The minimum absolute atomic E-state index is 0.0657. The van der Waals surface area contributed by atoms with E-state index in [0.717, 1.165) is 25.7 Å². The fourth-order valence-electron chi connectivity index (χ4n) is 6.14. The molecule has 0 saturated heterocycles. The third-order valence-corrected chi connectivity index (χ3v) is 8.30. The Kier molecular flexibility index (Phi) is 6.18. The van der Waals surface area contributed by atoms with Crippen LogP contribution >= 0.6 is 0 Å². The average Bonchev–Trinajstić information content (AvgIpc) is 2.86. The molecule has 1 aliphatic rings. The molecule has 0 fully saturated rings. The Hall–Kier alpha value is -2.93. The van der Waals surface area contributed by atoms with Crippen molar-refractivity contribution in [2.45, 2.75) is 70.8 Å². The zero-order valence-electron chi connectivity index (χ0n) is 20.9. The molecular formula is C32H38N+. The Morgan fingerprint density at radius 2 is 1.82 bits per heavy atom. The van der Waals surface area contributed by atoms with E-state index in [1.54, 1.807) is 0 Å². The van der Waals surface area contributed by atoms with Gasteiger partial charge in [-0.15, -0.1) is 0 Å². The first kappa shape index (κ1) is 23.2. The number of nitrogens with zero attached hydrogens (tertiary/aromatic N) is 1. The van der Waals surface area contributed by atoms with Gasteiger partial charge in [-0.2, -0.15) is 4.57 Å². The molecule has 2 atom stereocenters.